The zero-order valence-electron chi connectivity index (χ0n) is 6.50. The SMILES string of the molecule is CC#CCNC(=O)c1cnon1. The fraction of sp³-hybridized carbons (Fsp3) is 0.286. The highest BCUT2D eigenvalue weighted by molar-refractivity contribution is 5.91. The normalized spacial score (nSPS) is 8.42. The van der Waals surface area contributed by atoms with Gasteiger partial charge in [-0.3, -0.25) is 4.79 Å². The minimum atomic E-state index is -0.334. The molecular weight excluding hydrogens is 158 g/mol. The molecule has 0 saturated carbocycles. The average Bonchev–Trinajstić information content (AvgIpc) is 2.56. The van der Waals surface area contributed by atoms with Crippen molar-refractivity contribution in [3.05, 3.63) is 11.9 Å². The van der Waals surface area contributed by atoms with Gasteiger partial charge in [-0.1, -0.05) is 11.1 Å². The van der Waals surface area contributed by atoms with E-state index >= 15 is 0 Å². The molecule has 0 aliphatic carbocycles. The molecule has 0 radical (unpaired) electrons. The van der Waals surface area contributed by atoms with Crippen LogP contribution in [0.2, 0.25) is 0 Å². The number of hydrogen-bond donors (Lipinski definition) is 1. The van der Waals surface area contributed by atoms with E-state index < -0.39 is 0 Å². The molecule has 12 heavy (non-hydrogen) atoms. The molecule has 5 nitrogen and oxygen atoms in total. The minimum absolute atomic E-state index is 0.160. The van der Waals surface area contributed by atoms with Crippen LogP contribution >= 0.6 is 0 Å². The summed E-state index contributed by atoms with van der Waals surface area (Å²) < 4.78 is 4.25. The van der Waals surface area contributed by atoms with E-state index in [-0.39, 0.29) is 11.6 Å². The molecule has 0 unspecified atom stereocenters. The van der Waals surface area contributed by atoms with Crippen LogP contribution in [0.4, 0.5) is 0 Å². The predicted octanol–water partition coefficient (Wildman–Crippen LogP) is -0.177. The molecule has 1 aromatic heterocycles. The quantitative estimate of drug-likeness (QED) is 0.617. The molecule has 0 spiro atoms. The van der Waals surface area contributed by atoms with E-state index in [2.05, 4.69) is 32.1 Å². The van der Waals surface area contributed by atoms with E-state index in [0.29, 0.717) is 6.54 Å². The summed E-state index contributed by atoms with van der Waals surface area (Å²) in [6, 6.07) is 0. The smallest absolute Gasteiger partial charge is 0.275 e. The summed E-state index contributed by atoms with van der Waals surface area (Å²) in [6.07, 6.45) is 1.24. The first-order valence-electron chi connectivity index (χ1n) is 3.30. The van der Waals surface area contributed by atoms with Crippen molar-refractivity contribution in [3.63, 3.8) is 0 Å². The second-order valence-electron chi connectivity index (χ2n) is 1.90. The molecule has 1 rings (SSSR count). The van der Waals surface area contributed by atoms with Crippen molar-refractivity contribution < 1.29 is 9.42 Å². The molecule has 0 bridgehead atoms. The third-order valence-electron chi connectivity index (χ3n) is 1.11. The molecule has 1 heterocycles. The van der Waals surface area contributed by atoms with Crippen LogP contribution in [0.5, 0.6) is 0 Å². The molecule has 0 atom stereocenters. The Morgan fingerprint density at radius 1 is 1.83 bits per heavy atom. The van der Waals surface area contributed by atoms with E-state index in [9.17, 15) is 4.79 Å². The zero-order valence-corrected chi connectivity index (χ0v) is 6.50. The van der Waals surface area contributed by atoms with Gasteiger partial charge < -0.3 is 5.32 Å². The Hall–Kier alpha value is -1.83. The number of aromatic nitrogens is 2. The highest BCUT2D eigenvalue weighted by Crippen LogP contribution is 1.88. The third-order valence-corrected chi connectivity index (χ3v) is 1.11. The molecule has 62 valence electrons. The number of rotatable bonds is 2. The van der Waals surface area contributed by atoms with Crippen molar-refractivity contribution in [2.24, 2.45) is 0 Å². The van der Waals surface area contributed by atoms with Crippen LogP contribution in [-0.2, 0) is 0 Å². The van der Waals surface area contributed by atoms with Crippen molar-refractivity contribution in [1.82, 2.24) is 15.6 Å². The van der Waals surface area contributed by atoms with Gasteiger partial charge in [0, 0.05) is 0 Å². The maximum Gasteiger partial charge on any atom is 0.275 e. The molecule has 0 fully saturated rings. The van der Waals surface area contributed by atoms with Crippen LogP contribution in [0, 0.1) is 11.8 Å². The highest BCUT2D eigenvalue weighted by atomic mass is 16.6. The van der Waals surface area contributed by atoms with Gasteiger partial charge in [-0.05, 0) is 12.1 Å². The van der Waals surface area contributed by atoms with Crippen LogP contribution < -0.4 is 5.32 Å². The summed E-state index contributed by atoms with van der Waals surface area (Å²) >= 11 is 0. The van der Waals surface area contributed by atoms with Gasteiger partial charge >= 0.3 is 0 Å². The van der Waals surface area contributed by atoms with Crippen molar-refractivity contribution >= 4 is 5.91 Å². The fourth-order valence-electron chi connectivity index (χ4n) is 0.568. The largest absolute Gasteiger partial charge is 0.340 e. The van der Waals surface area contributed by atoms with Crippen molar-refractivity contribution in [2.75, 3.05) is 6.54 Å². The summed E-state index contributed by atoms with van der Waals surface area (Å²) in [5.41, 5.74) is 0.160. The van der Waals surface area contributed by atoms with Crippen LogP contribution in [-0.4, -0.2) is 22.8 Å². The first-order chi connectivity index (χ1) is 5.84. The summed E-state index contributed by atoms with van der Waals surface area (Å²) in [7, 11) is 0. The number of amides is 1. The maximum atomic E-state index is 11.0. The maximum absolute atomic E-state index is 11.0. The van der Waals surface area contributed by atoms with E-state index in [4.69, 9.17) is 0 Å². The first-order valence-corrected chi connectivity index (χ1v) is 3.30. The standard InChI is InChI=1S/C7H7N3O2/c1-2-3-4-8-7(11)6-5-9-12-10-6/h5H,4H2,1H3,(H,8,11). The van der Waals surface area contributed by atoms with Crippen molar-refractivity contribution in [2.45, 2.75) is 6.92 Å². The van der Waals surface area contributed by atoms with E-state index in [1.807, 2.05) is 0 Å². The lowest BCUT2D eigenvalue weighted by atomic mass is 10.4. The molecule has 0 aromatic carbocycles. The molecule has 0 saturated heterocycles. The van der Waals surface area contributed by atoms with Crippen LogP contribution in [0.1, 0.15) is 17.4 Å². The highest BCUT2D eigenvalue weighted by Gasteiger charge is 2.07. The Balaban J connectivity index is 2.43. The molecule has 0 aliphatic heterocycles. The topological polar surface area (TPSA) is 68.0 Å². The van der Waals surface area contributed by atoms with Crippen LogP contribution in [0.15, 0.2) is 10.8 Å². The summed E-state index contributed by atoms with van der Waals surface area (Å²) in [5, 5.41) is 9.15. The van der Waals surface area contributed by atoms with Gasteiger partial charge in [0.1, 0.15) is 6.20 Å². The Labute approximate surface area is 69.1 Å². The predicted molar refractivity (Wildman–Crippen MR) is 40.1 cm³/mol. The van der Waals surface area contributed by atoms with Gasteiger partial charge in [0.15, 0.2) is 5.69 Å². The van der Waals surface area contributed by atoms with Crippen LogP contribution in [0.3, 0.4) is 0 Å². The lowest BCUT2D eigenvalue weighted by molar-refractivity contribution is 0.0949. The Bertz CT molecular complexity index is 307. The van der Waals surface area contributed by atoms with E-state index in [1.165, 1.54) is 6.20 Å². The van der Waals surface area contributed by atoms with Gasteiger partial charge in [0.25, 0.3) is 5.91 Å². The van der Waals surface area contributed by atoms with Gasteiger partial charge in [0.2, 0.25) is 0 Å². The third kappa shape index (κ3) is 2.09. The molecule has 1 amide bonds. The monoisotopic (exact) mass is 165 g/mol. The lowest BCUT2D eigenvalue weighted by Crippen LogP contribution is -2.23. The second-order valence-corrected chi connectivity index (χ2v) is 1.90. The second kappa shape index (κ2) is 4.13. The van der Waals surface area contributed by atoms with Crippen LogP contribution in [0.25, 0.3) is 0 Å². The van der Waals surface area contributed by atoms with Gasteiger partial charge in [0.05, 0.1) is 6.54 Å². The number of hydrogen-bond acceptors (Lipinski definition) is 4. The number of carbonyl (C=O) groups excluding carboxylic acids is 1. The van der Waals surface area contributed by atoms with Gasteiger partial charge in [-0.15, -0.1) is 5.92 Å². The molecular formula is C7H7N3O2. The average molecular weight is 165 g/mol. The van der Waals surface area contributed by atoms with Crippen molar-refractivity contribution in [1.29, 1.82) is 0 Å². The Morgan fingerprint density at radius 3 is 3.25 bits per heavy atom. The summed E-state index contributed by atoms with van der Waals surface area (Å²) in [5.74, 6) is 4.99. The number of carbonyl (C=O) groups is 1. The Kier molecular flexibility index (Phi) is 2.85. The van der Waals surface area contributed by atoms with Gasteiger partial charge in [-0.2, -0.15) is 0 Å². The Morgan fingerprint density at radius 2 is 2.67 bits per heavy atom. The molecule has 1 N–H and O–H groups in total. The fourth-order valence-corrected chi connectivity index (χ4v) is 0.568. The number of nitrogens with zero attached hydrogens (tertiary/aromatic N) is 2. The van der Waals surface area contributed by atoms with Crippen molar-refractivity contribution in [3.8, 4) is 11.8 Å². The van der Waals surface area contributed by atoms with Gasteiger partial charge in [-0.25, -0.2) is 4.63 Å². The summed E-state index contributed by atoms with van der Waals surface area (Å²) in [6.45, 7) is 2.01. The van der Waals surface area contributed by atoms with E-state index in [1.54, 1.807) is 6.92 Å². The zero-order chi connectivity index (χ0) is 8.81. The lowest BCUT2D eigenvalue weighted by Gasteiger charge is -1.93. The molecule has 5 heteroatoms. The molecule has 1 aromatic rings. The first kappa shape index (κ1) is 8.27. The molecule has 0 aliphatic rings. The van der Waals surface area contributed by atoms with E-state index in [0.717, 1.165) is 0 Å². The summed E-state index contributed by atoms with van der Waals surface area (Å²) in [4.78, 5) is 11.0. The minimum Gasteiger partial charge on any atom is -0.340 e. The number of nitrogens with one attached hydrogen (secondary N) is 1.